The first-order valence-electron chi connectivity index (χ1n) is 7.31. The van der Waals surface area contributed by atoms with Crippen molar-refractivity contribution in [1.82, 2.24) is 24.5 Å². The number of fused-ring (bicyclic) bond motifs is 1. The van der Waals surface area contributed by atoms with Gasteiger partial charge in [0.05, 0.1) is 11.7 Å². The van der Waals surface area contributed by atoms with Gasteiger partial charge in [-0.3, -0.25) is 4.68 Å². The van der Waals surface area contributed by atoms with E-state index in [1.807, 2.05) is 35.4 Å². The van der Waals surface area contributed by atoms with Gasteiger partial charge in [0.2, 0.25) is 0 Å². The molecule has 5 nitrogen and oxygen atoms in total. The molecule has 0 aromatic carbocycles. The maximum atomic E-state index is 4.68. The van der Waals surface area contributed by atoms with Gasteiger partial charge in [-0.15, -0.1) is 0 Å². The van der Waals surface area contributed by atoms with Gasteiger partial charge in [-0.05, 0) is 38.5 Å². The van der Waals surface area contributed by atoms with Crippen LogP contribution >= 0.6 is 0 Å². The normalized spacial score (nSPS) is 14.4. The molecule has 0 saturated carbocycles. The van der Waals surface area contributed by atoms with E-state index in [2.05, 4.69) is 52.8 Å². The summed E-state index contributed by atoms with van der Waals surface area (Å²) in [4.78, 5) is 4.68. The Bertz CT molecular complexity index is 713. The summed E-state index contributed by atoms with van der Waals surface area (Å²) in [6, 6.07) is 6.70. The number of hydrogen-bond acceptors (Lipinski definition) is 3. The fraction of sp³-hybridized carbons (Fsp3) is 0.375. The van der Waals surface area contributed by atoms with E-state index in [1.54, 1.807) is 0 Å². The molecule has 3 heterocycles. The highest BCUT2D eigenvalue weighted by Gasteiger charge is 2.14. The second kappa shape index (κ2) is 5.69. The van der Waals surface area contributed by atoms with Gasteiger partial charge in [-0.2, -0.15) is 5.10 Å². The number of nitrogens with one attached hydrogen (secondary N) is 1. The Morgan fingerprint density at radius 1 is 1.24 bits per heavy atom. The predicted molar refractivity (Wildman–Crippen MR) is 83.2 cm³/mol. The van der Waals surface area contributed by atoms with E-state index in [9.17, 15) is 0 Å². The van der Waals surface area contributed by atoms with Crippen LogP contribution in [0.15, 0.2) is 43.0 Å². The van der Waals surface area contributed by atoms with Crippen LogP contribution in [-0.2, 0) is 6.54 Å². The van der Waals surface area contributed by atoms with Crippen LogP contribution in [0.3, 0.4) is 0 Å². The Kier molecular flexibility index (Phi) is 3.75. The van der Waals surface area contributed by atoms with Gasteiger partial charge in [0.1, 0.15) is 5.65 Å². The van der Waals surface area contributed by atoms with Gasteiger partial charge in [-0.25, -0.2) is 4.98 Å². The summed E-state index contributed by atoms with van der Waals surface area (Å²) in [5.41, 5.74) is 3.28. The molecule has 110 valence electrons. The molecule has 5 heteroatoms. The van der Waals surface area contributed by atoms with Crippen LogP contribution < -0.4 is 5.32 Å². The quantitative estimate of drug-likeness (QED) is 0.783. The zero-order chi connectivity index (χ0) is 14.8. The first-order valence-corrected chi connectivity index (χ1v) is 7.31. The fourth-order valence-corrected chi connectivity index (χ4v) is 2.48. The summed E-state index contributed by atoms with van der Waals surface area (Å²) in [5, 5.41) is 7.83. The van der Waals surface area contributed by atoms with E-state index in [0.29, 0.717) is 12.1 Å². The average Bonchev–Trinajstić information content (AvgIpc) is 3.13. The van der Waals surface area contributed by atoms with Crippen molar-refractivity contribution in [2.75, 3.05) is 0 Å². The molecule has 3 aromatic heterocycles. The first-order chi connectivity index (χ1) is 10.1. The third-order valence-corrected chi connectivity index (χ3v) is 4.00. The SMILES string of the molecule is Cc1cccn2cc(CN[C@H](C)[C@H](C)n3cccn3)nc12. The highest BCUT2D eigenvalue weighted by Crippen LogP contribution is 2.12. The lowest BCUT2D eigenvalue weighted by molar-refractivity contribution is 0.364. The number of pyridine rings is 1. The lowest BCUT2D eigenvalue weighted by Gasteiger charge is -2.21. The van der Waals surface area contributed by atoms with Crippen molar-refractivity contribution >= 4 is 5.65 Å². The van der Waals surface area contributed by atoms with Crippen LogP contribution in [0.5, 0.6) is 0 Å². The van der Waals surface area contributed by atoms with E-state index in [0.717, 1.165) is 17.9 Å². The molecule has 0 bridgehead atoms. The molecule has 0 spiro atoms. The fourth-order valence-electron chi connectivity index (χ4n) is 2.48. The average molecular weight is 283 g/mol. The van der Waals surface area contributed by atoms with E-state index in [4.69, 9.17) is 0 Å². The van der Waals surface area contributed by atoms with E-state index in [-0.39, 0.29) is 0 Å². The van der Waals surface area contributed by atoms with Crippen molar-refractivity contribution in [3.8, 4) is 0 Å². The highest BCUT2D eigenvalue weighted by atomic mass is 15.3. The minimum absolute atomic E-state index is 0.304. The Morgan fingerprint density at radius 3 is 2.81 bits per heavy atom. The minimum atomic E-state index is 0.304. The summed E-state index contributed by atoms with van der Waals surface area (Å²) < 4.78 is 4.05. The summed E-state index contributed by atoms with van der Waals surface area (Å²) in [5.74, 6) is 0. The van der Waals surface area contributed by atoms with Crippen molar-refractivity contribution in [2.45, 2.75) is 39.4 Å². The molecule has 2 atom stereocenters. The van der Waals surface area contributed by atoms with Crippen LogP contribution in [0.2, 0.25) is 0 Å². The predicted octanol–water partition coefficient (Wildman–Crippen LogP) is 2.58. The topological polar surface area (TPSA) is 47.1 Å². The Balaban J connectivity index is 1.67. The molecule has 0 aliphatic heterocycles. The number of nitrogens with zero attached hydrogens (tertiary/aromatic N) is 4. The molecule has 3 aromatic rings. The molecule has 3 rings (SSSR count). The minimum Gasteiger partial charge on any atom is -0.307 e. The van der Waals surface area contributed by atoms with Gasteiger partial charge >= 0.3 is 0 Å². The maximum Gasteiger partial charge on any atom is 0.139 e. The third-order valence-electron chi connectivity index (χ3n) is 4.00. The smallest absolute Gasteiger partial charge is 0.139 e. The first kappa shape index (κ1) is 13.8. The zero-order valence-corrected chi connectivity index (χ0v) is 12.7. The standard InChI is InChI=1S/C16H21N5/c1-12-6-4-8-20-11-15(19-16(12)20)10-17-13(2)14(3)21-9-5-7-18-21/h4-9,11,13-14,17H,10H2,1-3H3/t13-,14+/m1/s1. The molecule has 0 fully saturated rings. The van der Waals surface area contributed by atoms with E-state index in [1.165, 1.54) is 5.56 Å². The van der Waals surface area contributed by atoms with Crippen LogP contribution in [0, 0.1) is 6.92 Å². The molecule has 0 saturated heterocycles. The summed E-state index contributed by atoms with van der Waals surface area (Å²) in [7, 11) is 0. The summed E-state index contributed by atoms with van der Waals surface area (Å²) in [6.45, 7) is 7.18. The molecule has 0 unspecified atom stereocenters. The molecular weight excluding hydrogens is 262 g/mol. The number of rotatable bonds is 5. The van der Waals surface area contributed by atoms with Gasteiger partial charge in [-0.1, -0.05) is 6.07 Å². The zero-order valence-electron chi connectivity index (χ0n) is 12.7. The van der Waals surface area contributed by atoms with E-state index >= 15 is 0 Å². The molecule has 0 amide bonds. The van der Waals surface area contributed by atoms with Gasteiger partial charge in [0.25, 0.3) is 0 Å². The number of aromatic nitrogens is 4. The molecule has 1 N–H and O–H groups in total. The lowest BCUT2D eigenvalue weighted by Crippen LogP contribution is -2.33. The second-order valence-electron chi connectivity index (χ2n) is 5.55. The highest BCUT2D eigenvalue weighted by molar-refractivity contribution is 5.47. The molecule has 0 radical (unpaired) electrons. The Morgan fingerprint density at radius 2 is 2.10 bits per heavy atom. The Hall–Kier alpha value is -2.14. The number of aryl methyl sites for hydroxylation is 1. The van der Waals surface area contributed by atoms with Gasteiger partial charge in [0.15, 0.2) is 0 Å². The molecule has 21 heavy (non-hydrogen) atoms. The number of imidazole rings is 1. The van der Waals surface area contributed by atoms with Crippen LogP contribution in [-0.4, -0.2) is 25.2 Å². The van der Waals surface area contributed by atoms with Crippen molar-refractivity contribution < 1.29 is 0 Å². The van der Waals surface area contributed by atoms with Crippen LogP contribution in [0.1, 0.15) is 31.1 Å². The number of hydrogen-bond donors (Lipinski definition) is 1. The van der Waals surface area contributed by atoms with Gasteiger partial charge < -0.3 is 9.72 Å². The molecule has 0 aliphatic carbocycles. The van der Waals surface area contributed by atoms with E-state index < -0.39 is 0 Å². The van der Waals surface area contributed by atoms with Gasteiger partial charge in [0, 0.05) is 37.4 Å². The van der Waals surface area contributed by atoms with Crippen LogP contribution in [0.25, 0.3) is 5.65 Å². The largest absolute Gasteiger partial charge is 0.307 e. The molecular formula is C16H21N5. The third kappa shape index (κ3) is 2.83. The van der Waals surface area contributed by atoms with Crippen molar-refractivity contribution in [2.24, 2.45) is 0 Å². The molecule has 0 aliphatic rings. The van der Waals surface area contributed by atoms with Crippen molar-refractivity contribution in [1.29, 1.82) is 0 Å². The maximum absolute atomic E-state index is 4.68. The monoisotopic (exact) mass is 283 g/mol. The summed E-state index contributed by atoms with van der Waals surface area (Å²) >= 11 is 0. The summed E-state index contributed by atoms with van der Waals surface area (Å²) in [6.07, 6.45) is 7.93. The van der Waals surface area contributed by atoms with Crippen molar-refractivity contribution in [3.63, 3.8) is 0 Å². The van der Waals surface area contributed by atoms with Crippen molar-refractivity contribution in [3.05, 3.63) is 54.2 Å². The van der Waals surface area contributed by atoms with Crippen LogP contribution in [0.4, 0.5) is 0 Å². The second-order valence-corrected chi connectivity index (χ2v) is 5.55. The lowest BCUT2D eigenvalue weighted by atomic mass is 10.2. The Labute approximate surface area is 124 Å².